The van der Waals surface area contributed by atoms with Gasteiger partial charge in [0.25, 0.3) is 0 Å². The predicted octanol–water partition coefficient (Wildman–Crippen LogP) is 3.70. The van der Waals surface area contributed by atoms with Crippen molar-refractivity contribution in [3.05, 3.63) is 30.1 Å². The highest BCUT2D eigenvalue weighted by Gasteiger charge is 2.27. The molecule has 1 aromatic heterocycles. The maximum Gasteiger partial charge on any atom is 0.335 e. The first-order valence-electron chi connectivity index (χ1n) is 7.26. The van der Waals surface area contributed by atoms with Crippen molar-refractivity contribution in [3.8, 4) is 0 Å². The SMILES string of the molecule is CC1(Cn2cnc3cc(C(=O)O)ccc32)CCCCC1. The van der Waals surface area contributed by atoms with Gasteiger partial charge < -0.3 is 9.67 Å². The van der Waals surface area contributed by atoms with Gasteiger partial charge in [-0.15, -0.1) is 0 Å². The Hall–Kier alpha value is -1.84. The van der Waals surface area contributed by atoms with Gasteiger partial charge >= 0.3 is 5.97 Å². The summed E-state index contributed by atoms with van der Waals surface area (Å²) in [7, 11) is 0. The van der Waals surface area contributed by atoms with Crippen LogP contribution in [-0.4, -0.2) is 20.6 Å². The lowest BCUT2D eigenvalue weighted by atomic mass is 9.75. The van der Waals surface area contributed by atoms with Crippen LogP contribution in [0, 0.1) is 5.41 Å². The summed E-state index contributed by atoms with van der Waals surface area (Å²) in [5.74, 6) is -0.902. The van der Waals surface area contributed by atoms with Gasteiger partial charge in [-0.05, 0) is 36.5 Å². The zero-order chi connectivity index (χ0) is 14.2. The molecule has 1 heterocycles. The summed E-state index contributed by atoms with van der Waals surface area (Å²) in [6, 6.07) is 5.18. The molecular formula is C16H20N2O2. The quantitative estimate of drug-likeness (QED) is 0.926. The molecule has 1 aliphatic rings. The van der Waals surface area contributed by atoms with Crippen LogP contribution in [0.1, 0.15) is 49.4 Å². The van der Waals surface area contributed by atoms with Crippen molar-refractivity contribution < 1.29 is 9.90 Å². The van der Waals surface area contributed by atoms with Crippen LogP contribution < -0.4 is 0 Å². The smallest absolute Gasteiger partial charge is 0.335 e. The van der Waals surface area contributed by atoms with E-state index in [-0.39, 0.29) is 0 Å². The minimum Gasteiger partial charge on any atom is -0.478 e. The van der Waals surface area contributed by atoms with Gasteiger partial charge in [0.15, 0.2) is 0 Å². The zero-order valence-corrected chi connectivity index (χ0v) is 11.8. The van der Waals surface area contributed by atoms with Gasteiger partial charge in [0, 0.05) is 6.54 Å². The summed E-state index contributed by atoms with van der Waals surface area (Å²) in [6.07, 6.45) is 8.34. The van der Waals surface area contributed by atoms with E-state index in [1.54, 1.807) is 12.1 Å². The maximum atomic E-state index is 11.0. The van der Waals surface area contributed by atoms with Gasteiger partial charge in [0.05, 0.1) is 22.9 Å². The van der Waals surface area contributed by atoms with E-state index in [0.29, 0.717) is 11.0 Å². The van der Waals surface area contributed by atoms with Crippen LogP contribution in [0.5, 0.6) is 0 Å². The van der Waals surface area contributed by atoms with E-state index in [2.05, 4.69) is 16.5 Å². The average Bonchev–Trinajstić information content (AvgIpc) is 2.81. The topological polar surface area (TPSA) is 55.1 Å². The van der Waals surface area contributed by atoms with E-state index < -0.39 is 5.97 Å². The maximum absolute atomic E-state index is 11.0. The third kappa shape index (κ3) is 2.42. The summed E-state index contributed by atoms with van der Waals surface area (Å²) < 4.78 is 2.17. The predicted molar refractivity (Wildman–Crippen MR) is 77.9 cm³/mol. The summed E-state index contributed by atoms with van der Waals surface area (Å²) >= 11 is 0. The standard InChI is InChI=1S/C16H20N2O2/c1-16(7-3-2-4-8-16)10-18-11-17-13-9-12(15(19)20)5-6-14(13)18/h5-6,9,11H,2-4,7-8,10H2,1H3,(H,19,20). The van der Waals surface area contributed by atoms with Crippen LogP contribution in [0.3, 0.4) is 0 Å². The fraction of sp³-hybridized carbons (Fsp3) is 0.500. The highest BCUT2D eigenvalue weighted by Crippen LogP contribution is 2.37. The second-order valence-corrected chi connectivity index (χ2v) is 6.25. The summed E-state index contributed by atoms with van der Waals surface area (Å²) in [5, 5.41) is 9.02. The van der Waals surface area contributed by atoms with E-state index in [0.717, 1.165) is 17.6 Å². The Morgan fingerprint density at radius 1 is 1.35 bits per heavy atom. The number of nitrogens with zero attached hydrogens (tertiary/aromatic N) is 2. The number of carbonyl (C=O) groups is 1. The third-order valence-electron chi connectivity index (χ3n) is 4.48. The molecule has 1 fully saturated rings. The molecule has 0 bridgehead atoms. The van der Waals surface area contributed by atoms with E-state index in [4.69, 9.17) is 5.11 Å². The van der Waals surface area contributed by atoms with E-state index in [9.17, 15) is 4.79 Å². The summed E-state index contributed by atoms with van der Waals surface area (Å²) in [6.45, 7) is 3.32. The molecule has 1 aliphatic carbocycles. The molecule has 2 aromatic rings. The molecule has 0 spiro atoms. The van der Waals surface area contributed by atoms with Crippen LogP contribution in [-0.2, 0) is 6.54 Å². The van der Waals surface area contributed by atoms with Gasteiger partial charge in [0.2, 0.25) is 0 Å². The van der Waals surface area contributed by atoms with Crippen LogP contribution in [0.4, 0.5) is 0 Å². The Balaban J connectivity index is 1.90. The fourth-order valence-corrected chi connectivity index (χ4v) is 3.30. The lowest BCUT2D eigenvalue weighted by Gasteiger charge is -2.34. The second kappa shape index (κ2) is 4.93. The molecule has 3 rings (SSSR count). The molecule has 4 nitrogen and oxygen atoms in total. The number of aromatic carboxylic acids is 1. The minimum atomic E-state index is -0.902. The number of carboxylic acids is 1. The van der Waals surface area contributed by atoms with Crippen LogP contribution >= 0.6 is 0 Å². The normalized spacial score (nSPS) is 18.2. The van der Waals surface area contributed by atoms with Gasteiger partial charge in [0.1, 0.15) is 0 Å². The molecule has 4 heteroatoms. The molecular weight excluding hydrogens is 252 g/mol. The Kier molecular flexibility index (Phi) is 3.24. The van der Waals surface area contributed by atoms with Crippen LogP contribution in [0.15, 0.2) is 24.5 Å². The minimum absolute atomic E-state index is 0.298. The number of fused-ring (bicyclic) bond motifs is 1. The Labute approximate surface area is 118 Å². The highest BCUT2D eigenvalue weighted by molar-refractivity contribution is 5.92. The lowest BCUT2D eigenvalue weighted by molar-refractivity contribution is 0.0697. The van der Waals surface area contributed by atoms with Crippen molar-refractivity contribution >= 4 is 17.0 Å². The number of benzene rings is 1. The van der Waals surface area contributed by atoms with Crippen molar-refractivity contribution in [3.63, 3.8) is 0 Å². The number of rotatable bonds is 3. The van der Waals surface area contributed by atoms with Crippen molar-refractivity contribution in [2.75, 3.05) is 0 Å². The van der Waals surface area contributed by atoms with E-state index >= 15 is 0 Å². The van der Waals surface area contributed by atoms with E-state index in [1.165, 1.54) is 32.1 Å². The van der Waals surface area contributed by atoms with Gasteiger partial charge in [-0.3, -0.25) is 0 Å². The average molecular weight is 272 g/mol. The third-order valence-corrected chi connectivity index (χ3v) is 4.48. The Morgan fingerprint density at radius 2 is 2.10 bits per heavy atom. The Morgan fingerprint density at radius 3 is 2.80 bits per heavy atom. The van der Waals surface area contributed by atoms with Gasteiger partial charge in [-0.25, -0.2) is 9.78 Å². The first-order chi connectivity index (χ1) is 9.57. The van der Waals surface area contributed by atoms with Gasteiger partial charge in [-0.2, -0.15) is 0 Å². The van der Waals surface area contributed by atoms with Crippen molar-refractivity contribution in [2.45, 2.75) is 45.6 Å². The lowest BCUT2D eigenvalue weighted by Crippen LogP contribution is -2.25. The number of carboxylic acid groups (broad SMARTS) is 1. The Bertz CT molecular complexity index is 639. The van der Waals surface area contributed by atoms with Gasteiger partial charge in [-0.1, -0.05) is 26.2 Å². The fourth-order valence-electron chi connectivity index (χ4n) is 3.30. The zero-order valence-electron chi connectivity index (χ0n) is 11.8. The molecule has 1 N–H and O–H groups in total. The summed E-state index contributed by atoms with van der Waals surface area (Å²) in [5.41, 5.74) is 2.44. The largest absolute Gasteiger partial charge is 0.478 e. The van der Waals surface area contributed by atoms with Crippen molar-refractivity contribution in [1.82, 2.24) is 9.55 Å². The molecule has 1 saturated carbocycles. The van der Waals surface area contributed by atoms with Crippen molar-refractivity contribution in [2.24, 2.45) is 5.41 Å². The highest BCUT2D eigenvalue weighted by atomic mass is 16.4. The van der Waals surface area contributed by atoms with Crippen LogP contribution in [0.2, 0.25) is 0 Å². The molecule has 1 aromatic carbocycles. The molecule has 0 aliphatic heterocycles. The molecule has 0 saturated heterocycles. The molecule has 0 amide bonds. The first kappa shape index (κ1) is 13.2. The van der Waals surface area contributed by atoms with E-state index in [1.807, 2.05) is 12.4 Å². The number of hydrogen-bond acceptors (Lipinski definition) is 2. The second-order valence-electron chi connectivity index (χ2n) is 6.25. The number of aromatic nitrogens is 2. The molecule has 20 heavy (non-hydrogen) atoms. The number of imidazole rings is 1. The molecule has 106 valence electrons. The van der Waals surface area contributed by atoms with Crippen LogP contribution in [0.25, 0.3) is 11.0 Å². The molecule has 0 unspecified atom stereocenters. The molecule has 0 radical (unpaired) electrons. The first-order valence-corrected chi connectivity index (χ1v) is 7.26. The number of hydrogen-bond donors (Lipinski definition) is 1. The monoisotopic (exact) mass is 272 g/mol. The molecule has 0 atom stereocenters. The summed E-state index contributed by atoms with van der Waals surface area (Å²) in [4.78, 5) is 15.3. The van der Waals surface area contributed by atoms with Crippen molar-refractivity contribution in [1.29, 1.82) is 0 Å².